The number of rotatable bonds is 8. The third kappa shape index (κ3) is 5.31. The summed E-state index contributed by atoms with van der Waals surface area (Å²) in [4.78, 5) is 39.4. The second-order valence-electron chi connectivity index (χ2n) is 7.88. The maximum absolute atomic E-state index is 12.5. The van der Waals surface area contributed by atoms with Crippen molar-refractivity contribution < 1.29 is 19.1 Å². The zero-order valence-electron chi connectivity index (χ0n) is 19.3. The molecule has 3 aromatic rings. The number of aromatic amines is 1. The van der Waals surface area contributed by atoms with Crippen LogP contribution in [0, 0.1) is 27.7 Å². The number of halogens is 1. The normalized spacial score (nSPS) is 11.2. The van der Waals surface area contributed by atoms with Gasteiger partial charge < -0.3 is 9.72 Å². The van der Waals surface area contributed by atoms with Crippen LogP contribution in [0.4, 0.5) is 0 Å². The van der Waals surface area contributed by atoms with Crippen LogP contribution in [0.5, 0.6) is 0 Å². The number of carbonyl (C=O) groups is 3. The molecule has 2 aromatic heterocycles. The Bertz CT molecular complexity index is 1270. The third-order valence-corrected chi connectivity index (χ3v) is 5.88. The first kappa shape index (κ1) is 24.2. The number of hydrogen-bond acceptors (Lipinski definition) is 5. The Morgan fingerprint density at radius 3 is 2.48 bits per heavy atom. The predicted octanol–water partition coefficient (Wildman–Crippen LogP) is 4.79. The van der Waals surface area contributed by atoms with Gasteiger partial charge in [0, 0.05) is 33.6 Å². The van der Waals surface area contributed by atoms with E-state index in [1.807, 2.05) is 42.8 Å². The van der Waals surface area contributed by atoms with Gasteiger partial charge in [-0.3, -0.25) is 14.3 Å². The van der Waals surface area contributed by atoms with Gasteiger partial charge in [-0.05, 0) is 57.9 Å². The molecule has 172 valence electrons. The van der Waals surface area contributed by atoms with Crippen LogP contribution in [0.3, 0.4) is 0 Å². The largest absolute Gasteiger partial charge is 0.454 e. The third-order valence-electron chi connectivity index (χ3n) is 5.52. The molecule has 0 aliphatic rings. The SMILES string of the molecule is CC(=O)c1c(C)[nH]c(C(=O)COC(=O)C=Cc2c(C)nn(Cc3ccccc3Cl)c2C)c1C. The van der Waals surface area contributed by atoms with E-state index in [0.29, 0.717) is 28.4 Å². The Morgan fingerprint density at radius 1 is 1.15 bits per heavy atom. The molecular weight excluding hydrogens is 442 g/mol. The van der Waals surface area contributed by atoms with Gasteiger partial charge in [-0.2, -0.15) is 5.10 Å². The zero-order chi connectivity index (χ0) is 24.3. The number of aryl methyl sites for hydroxylation is 2. The molecule has 0 radical (unpaired) electrons. The van der Waals surface area contributed by atoms with E-state index in [9.17, 15) is 14.4 Å². The number of Topliss-reactive ketones (excluding diaryl/α,β-unsaturated/α-hetero) is 2. The summed E-state index contributed by atoms with van der Waals surface area (Å²) in [6, 6.07) is 7.56. The van der Waals surface area contributed by atoms with Crippen molar-refractivity contribution in [3.05, 3.63) is 80.4 Å². The van der Waals surface area contributed by atoms with Crippen LogP contribution in [0.15, 0.2) is 30.3 Å². The fraction of sp³-hybridized carbons (Fsp3) is 0.280. The van der Waals surface area contributed by atoms with Crippen LogP contribution in [0.1, 0.15) is 61.5 Å². The summed E-state index contributed by atoms with van der Waals surface area (Å²) in [6.45, 7) is 8.72. The lowest BCUT2D eigenvalue weighted by atomic mass is 10.1. The highest BCUT2D eigenvalue weighted by atomic mass is 35.5. The predicted molar refractivity (Wildman–Crippen MR) is 127 cm³/mol. The molecule has 0 spiro atoms. The van der Waals surface area contributed by atoms with Crippen LogP contribution < -0.4 is 0 Å². The molecule has 33 heavy (non-hydrogen) atoms. The molecule has 3 rings (SSSR count). The first-order chi connectivity index (χ1) is 15.6. The maximum Gasteiger partial charge on any atom is 0.331 e. The van der Waals surface area contributed by atoms with Crippen molar-refractivity contribution in [2.75, 3.05) is 6.61 Å². The number of ether oxygens (including phenoxy) is 1. The number of benzene rings is 1. The van der Waals surface area contributed by atoms with Gasteiger partial charge in [-0.25, -0.2) is 4.79 Å². The first-order valence-corrected chi connectivity index (χ1v) is 10.8. The van der Waals surface area contributed by atoms with E-state index >= 15 is 0 Å². The number of hydrogen-bond donors (Lipinski definition) is 1. The molecule has 0 unspecified atom stereocenters. The summed E-state index contributed by atoms with van der Waals surface area (Å²) in [6.07, 6.45) is 2.91. The lowest BCUT2D eigenvalue weighted by Crippen LogP contribution is -2.14. The van der Waals surface area contributed by atoms with Gasteiger partial charge in [0.25, 0.3) is 0 Å². The fourth-order valence-corrected chi connectivity index (χ4v) is 4.05. The van der Waals surface area contributed by atoms with Crippen molar-refractivity contribution in [3.63, 3.8) is 0 Å². The first-order valence-electron chi connectivity index (χ1n) is 10.5. The Labute approximate surface area is 197 Å². The second kappa shape index (κ2) is 10.0. The lowest BCUT2D eigenvalue weighted by Gasteiger charge is -2.06. The molecule has 0 bridgehead atoms. The molecule has 7 nitrogen and oxygen atoms in total. The van der Waals surface area contributed by atoms with E-state index < -0.39 is 18.4 Å². The van der Waals surface area contributed by atoms with Crippen molar-refractivity contribution in [3.8, 4) is 0 Å². The van der Waals surface area contributed by atoms with Gasteiger partial charge >= 0.3 is 5.97 Å². The number of aromatic nitrogens is 3. The molecule has 0 amide bonds. The summed E-state index contributed by atoms with van der Waals surface area (Å²) in [5, 5.41) is 5.21. The van der Waals surface area contributed by atoms with Gasteiger partial charge in [-0.1, -0.05) is 29.8 Å². The number of H-pyrrole nitrogens is 1. The van der Waals surface area contributed by atoms with Gasteiger partial charge in [-0.15, -0.1) is 0 Å². The Hall–Kier alpha value is -3.45. The standard InChI is InChI=1S/C25H26ClN3O4/c1-14-24(18(5)30)16(3)27-25(14)22(31)13-33-23(32)11-10-20-15(2)28-29(17(20)4)12-19-8-6-7-9-21(19)26/h6-11,27H,12-13H2,1-5H3. The van der Waals surface area contributed by atoms with Crippen molar-refractivity contribution >= 4 is 35.2 Å². The highest BCUT2D eigenvalue weighted by Gasteiger charge is 2.20. The topological polar surface area (TPSA) is 94.0 Å². The van der Waals surface area contributed by atoms with Crippen molar-refractivity contribution in [2.24, 2.45) is 0 Å². The summed E-state index contributed by atoms with van der Waals surface area (Å²) < 4.78 is 6.95. The van der Waals surface area contributed by atoms with E-state index in [1.165, 1.54) is 13.0 Å². The molecule has 0 saturated heterocycles. The highest BCUT2D eigenvalue weighted by molar-refractivity contribution is 6.31. The highest BCUT2D eigenvalue weighted by Crippen LogP contribution is 2.21. The van der Waals surface area contributed by atoms with Gasteiger partial charge in [0.2, 0.25) is 5.78 Å². The van der Waals surface area contributed by atoms with Crippen molar-refractivity contribution in [1.29, 1.82) is 0 Å². The van der Waals surface area contributed by atoms with E-state index in [-0.39, 0.29) is 11.5 Å². The maximum atomic E-state index is 12.5. The van der Waals surface area contributed by atoms with Crippen molar-refractivity contribution in [2.45, 2.75) is 41.2 Å². The van der Waals surface area contributed by atoms with Gasteiger partial charge in [0.05, 0.1) is 17.9 Å². The molecule has 0 fully saturated rings. The number of ketones is 2. The second-order valence-corrected chi connectivity index (χ2v) is 8.29. The quantitative estimate of drug-likeness (QED) is 0.292. The van der Waals surface area contributed by atoms with Crippen LogP contribution >= 0.6 is 11.6 Å². The molecule has 0 aliphatic carbocycles. The van der Waals surface area contributed by atoms with E-state index in [1.54, 1.807) is 19.9 Å². The number of nitrogens with one attached hydrogen (secondary N) is 1. The average Bonchev–Trinajstić information content (AvgIpc) is 3.20. The number of carbonyl (C=O) groups excluding carboxylic acids is 3. The minimum atomic E-state index is -0.645. The summed E-state index contributed by atoms with van der Waals surface area (Å²) in [7, 11) is 0. The van der Waals surface area contributed by atoms with E-state index in [4.69, 9.17) is 16.3 Å². The monoisotopic (exact) mass is 467 g/mol. The van der Waals surface area contributed by atoms with Crippen LogP contribution in [-0.4, -0.2) is 38.9 Å². The molecule has 8 heteroatoms. The summed E-state index contributed by atoms with van der Waals surface area (Å²) >= 11 is 6.25. The summed E-state index contributed by atoms with van der Waals surface area (Å²) in [5.41, 5.74) is 5.33. The van der Waals surface area contributed by atoms with Gasteiger partial charge in [0.15, 0.2) is 12.4 Å². The molecule has 0 aliphatic heterocycles. The molecule has 1 aromatic carbocycles. The van der Waals surface area contributed by atoms with Crippen LogP contribution in [0.25, 0.3) is 6.08 Å². The Balaban J connectivity index is 1.66. The van der Waals surface area contributed by atoms with Crippen molar-refractivity contribution in [1.82, 2.24) is 14.8 Å². The fourth-order valence-electron chi connectivity index (χ4n) is 3.86. The molecule has 1 N–H and O–H groups in total. The van der Waals surface area contributed by atoms with Crippen LogP contribution in [-0.2, 0) is 16.1 Å². The van der Waals surface area contributed by atoms with Crippen LogP contribution in [0.2, 0.25) is 5.02 Å². The van der Waals surface area contributed by atoms with E-state index in [2.05, 4.69) is 10.1 Å². The van der Waals surface area contributed by atoms with E-state index in [0.717, 1.165) is 22.5 Å². The Kier molecular flexibility index (Phi) is 7.33. The minimum Gasteiger partial charge on any atom is -0.454 e. The number of esters is 1. The molecule has 0 saturated carbocycles. The van der Waals surface area contributed by atoms with Gasteiger partial charge in [0.1, 0.15) is 0 Å². The zero-order valence-corrected chi connectivity index (χ0v) is 20.0. The molecular formula is C25H26ClN3O4. The smallest absolute Gasteiger partial charge is 0.331 e. The Morgan fingerprint density at radius 2 is 1.85 bits per heavy atom. The average molecular weight is 468 g/mol. The lowest BCUT2D eigenvalue weighted by molar-refractivity contribution is -0.136. The minimum absolute atomic E-state index is 0.124. The molecule has 0 atom stereocenters. The number of nitrogens with zero attached hydrogens (tertiary/aromatic N) is 2. The molecule has 2 heterocycles. The summed E-state index contributed by atoms with van der Waals surface area (Å²) in [5.74, 6) is -1.17.